The third-order valence-corrected chi connectivity index (χ3v) is 5.76. The van der Waals surface area contributed by atoms with Crippen molar-refractivity contribution in [2.24, 2.45) is 0 Å². The highest BCUT2D eigenvalue weighted by Crippen LogP contribution is 2.32. The Kier molecular flexibility index (Phi) is 4.90. The molecule has 0 aliphatic heterocycles. The maximum absolute atomic E-state index is 12.0. The summed E-state index contributed by atoms with van der Waals surface area (Å²) in [4.78, 5) is 18.2. The summed E-state index contributed by atoms with van der Waals surface area (Å²) in [5.41, 5.74) is 2.76. The Bertz CT molecular complexity index is 861. The third-order valence-electron chi connectivity index (χ3n) is 3.27. The van der Waals surface area contributed by atoms with Gasteiger partial charge < -0.3 is 4.90 Å². The molecular weight excluding hydrogens is 348 g/mol. The monoisotopic (exact) mass is 362 g/mol. The lowest BCUT2D eigenvalue weighted by Gasteiger charge is -2.10. The van der Waals surface area contributed by atoms with E-state index in [0.29, 0.717) is 10.6 Å². The van der Waals surface area contributed by atoms with Gasteiger partial charge in [0, 0.05) is 30.4 Å². The molecule has 1 amide bonds. The average molecular weight is 363 g/mol. The summed E-state index contributed by atoms with van der Waals surface area (Å²) >= 11 is 9.33. The van der Waals surface area contributed by atoms with E-state index >= 15 is 0 Å². The van der Waals surface area contributed by atoms with Gasteiger partial charge in [0.1, 0.15) is 0 Å². The number of hydrogen-bond acceptors (Lipinski definition) is 4. The van der Waals surface area contributed by atoms with E-state index in [1.54, 1.807) is 42.1 Å². The summed E-state index contributed by atoms with van der Waals surface area (Å²) in [7, 11) is 3.52. The van der Waals surface area contributed by atoms with Crippen molar-refractivity contribution in [3.8, 4) is 0 Å². The second-order valence-corrected chi connectivity index (χ2v) is 7.97. The van der Waals surface area contributed by atoms with Gasteiger partial charge in [0.05, 0.1) is 10.2 Å². The SMILES string of the molecule is CN(C)C(=O)c1cccc(CSc2nc3cc(Cl)ccc3s2)c1. The van der Waals surface area contributed by atoms with E-state index in [4.69, 9.17) is 11.6 Å². The number of hydrogen-bond donors (Lipinski definition) is 0. The van der Waals surface area contributed by atoms with E-state index in [2.05, 4.69) is 4.98 Å². The van der Waals surface area contributed by atoms with Gasteiger partial charge in [-0.05, 0) is 35.9 Å². The van der Waals surface area contributed by atoms with Gasteiger partial charge >= 0.3 is 0 Å². The van der Waals surface area contributed by atoms with Gasteiger partial charge in [0.2, 0.25) is 0 Å². The molecule has 0 N–H and O–H groups in total. The van der Waals surface area contributed by atoms with Crippen LogP contribution in [0.5, 0.6) is 0 Å². The minimum Gasteiger partial charge on any atom is -0.345 e. The lowest BCUT2D eigenvalue weighted by Crippen LogP contribution is -2.21. The summed E-state index contributed by atoms with van der Waals surface area (Å²) in [6.07, 6.45) is 0. The highest BCUT2D eigenvalue weighted by molar-refractivity contribution is 8.00. The van der Waals surface area contributed by atoms with Gasteiger partial charge in [0.15, 0.2) is 4.34 Å². The van der Waals surface area contributed by atoms with Crippen molar-refractivity contribution in [1.29, 1.82) is 0 Å². The number of rotatable bonds is 4. The Morgan fingerprint density at radius 1 is 1.26 bits per heavy atom. The fourth-order valence-corrected chi connectivity index (χ4v) is 4.30. The van der Waals surface area contributed by atoms with E-state index in [1.165, 1.54) is 0 Å². The normalized spacial score (nSPS) is 10.9. The first-order valence-electron chi connectivity index (χ1n) is 7.02. The maximum atomic E-state index is 12.0. The number of amides is 1. The Balaban J connectivity index is 1.74. The highest BCUT2D eigenvalue weighted by Gasteiger charge is 2.09. The van der Waals surface area contributed by atoms with Crippen LogP contribution in [-0.4, -0.2) is 29.9 Å². The predicted molar refractivity (Wildman–Crippen MR) is 98.7 cm³/mol. The molecular formula is C17H15ClN2OS2. The molecule has 0 unspecified atom stereocenters. The second-order valence-electron chi connectivity index (χ2n) is 5.28. The molecule has 0 saturated heterocycles. The molecule has 0 aliphatic carbocycles. The molecule has 2 aromatic carbocycles. The number of fused-ring (bicyclic) bond motifs is 1. The first-order chi connectivity index (χ1) is 11.0. The van der Waals surface area contributed by atoms with Crippen LogP contribution in [-0.2, 0) is 5.75 Å². The largest absolute Gasteiger partial charge is 0.345 e. The van der Waals surface area contributed by atoms with Gasteiger partial charge in [-0.3, -0.25) is 4.79 Å². The predicted octanol–water partition coefficient (Wildman–Crippen LogP) is 4.94. The molecule has 118 valence electrons. The van der Waals surface area contributed by atoms with Crippen LogP contribution in [0.15, 0.2) is 46.8 Å². The molecule has 0 atom stereocenters. The lowest BCUT2D eigenvalue weighted by molar-refractivity contribution is 0.0827. The van der Waals surface area contributed by atoms with Gasteiger partial charge in [-0.1, -0.05) is 35.5 Å². The lowest BCUT2D eigenvalue weighted by atomic mass is 10.1. The van der Waals surface area contributed by atoms with Gasteiger partial charge in [-0.15, -0.1) is 11.3 Å². The van der Waals surface area contributed by atoms with Crippen LogP contribution in [0.2, 0.25) is 5.02 Å². The smallest absolute Gasteiger partial charge is 0.253 e. The Morgan fingerprint density at radius 2 is 2.09 bits per heavy atom. The van der Waals surface area contributed by atoms with Crippen LogP contribution in [0.4, 0.5) is 0 Å². The Morgan fingerprint density at radius 3 is 2.87 bits per heavy atom. The number of carbonyl (C=O) groups is 1. The standard InChI is InChI=1S/C17H15ClN2OS2/c1-20(2)16(21)12-5-3-4-11(8-12)10-22-17-19-14-9-13(18)6-7-15(14)23-17/h3-9H,10H2,1-2H3. The van der Waals surface area contributed by atoms with E-state index in [0.717, 1.165) is 25.9 Å². The zero-order valence-electron chi connectivity index (χ0n) is 12.7. The molecule has 0 fully saturated rings. The number of thiazole rings is 1. The first kappa shape index (κ1) is 16.3. The average Bonchev–Trinajstić information content (AvgIpc) is 2.94. The molecule has 0 bridgehead atoms. The second kappa shape index (κ2) is 6.91. The van der Waals surface area contributed by atoms with Crippen molar-refractivity contribution in [2.45, 2.75) is 10.1 Å². The molecule has 3 nitrogen and oxygen atoms in total. The molecule has 3 aromatic rings. The summed E-state index contributed by atoms with van der Waals surface area (Å²) in [5, 5.41) is 0.703. The number of carbonyl (C=O) groups excluding carboxylic acids is 1. The van der Waals surface area contributed by atoms with Gasteiger partial charge in [0.25, 0.3) is 5.91 Å². The number of halogens is 1. The van der Waals surface area contributed by atoms with E-state index < -0.39 is 0 Å². The quantitative estimate of drug-likeness (QED) is 0.616. The van der Waals surface area contributed by atoms with Crippen LogP contribution < -0.4 is 0 Å². The minimum atomic E-state index is 0.0199. The minimum absolute atomic E-state index is 0.0199. The zero-order valence-corrected chi connectivity index (χ0v) is 15.1. The van der Waals surface area contributed by atoms with Crippen molar-refractivity contribution < 1.29 is 4.79 Å². The molecule has 6 heteroatoms. The Labute approximate surface area is 148 Å². The maximum Gasteiger partial charge on any atom is 0.253 e. The fraction of sp³-hybridized carbons (Fsp3) is 0.176. The summed E-state index contributed by atoms with van der Waals surface area (Å²) in [6.45, 7) is 0. The van der Waals surface area contributed by atoms with E-state index in [1.807, 2.05) is 42.5 Å². The first-order valence-corrected chi connectivity index (χ1v) is 9.20. The molecule has 0 spiro atoms. The summed E-state index contributed by atoms with van der Waals surface area (Å²) < 4.78 is 2.14. The molecule has 0 saturated carbocycles. The molecule has 1 heterocycles. The third kappa shape index (κ3) is 3.86. The van der Waals surface area contributed by atoms with Gasteiger partial charge in [-0.25, -0.2) is 4.98 Å². The number of benzene rings is 2. The van der Waals surface area contributed by atoms with Crippen LogP contribution in [0.25, 0.3) is 10.2 Å². The molecule has 0 radical (unpaired) electrons. The van der Waals surface area contributed by atoms with Crippen molar-refractivity contribution in [3.05, 3.63) is 58.6 Å². The van der Waals surface area contributed by atoms with Crippen LogP contribution in [0, 0.1) is 0 Å². The van der Waals surface area contributed by atoms with Crippen LogP contribution in [0.3, 0.4) is 0 Å². The van der Waals surface area contributed by atoms with Gasteiger partial charge in [-0.2, -0.15) is 0 Å². The number of aromatic nitrogens is 1. The molecule has 1 aromatic heterocycles. The molecule has 3 rings (SSSR count). The van der Waals surface area contributed by atoms with Crippen LogP contribution in [0.1, 0.15) is 15.9 Å². The van der Waals surface area contributed by atoms with E-state index in [9.17, 15) is 4.79 Å². The molecule has 23 heavy (non-hydrogen) atoms. The van der Waals surface area contributed by atoms with Crippen molar-refractivity contribution in [2.75, 3.05) is 14.1 Å². The fourth-order valence-electron chi connectivity index (χ4n) is 2.14. The summed E-state index contributed by atoms with van der Waals surface area (Å²) in [6, 6.07) is 13.5. The summed E-state index contributed by atoms with van der Waals surface area (Å²) in [5.74, 6) is 0.800. The highest BCUT2D eigenvalue weighted by atomic mass is 35.5. The van der Waals surface area contributed by atoms with Crippen molar-refractivity contribution >= 4 is 50.8 Å². The zero-order chi connectivity index (χ0) is 16.4. The number of thioether (sulfide) groups is 1. The Hall–Kier alpha value is -1.56. The topological polar surface area (TPSA) is 33.2 Å². The van der Waals surface area contributed by atoms with Crippen molar-refractivity contribution in [1.82, 2.24) is 9.88 Å². The molecule has 0 aliphatic rings. The number of nitrogens with zero attached hydrogens (tertiary/aromatic N) is 2. The van der Waals surface area contributed by atoms with Crippen molar-refractivity contribution in [3.63, 3.8) is 0 Å². The van der Waals surface area contributed by atoms with Crippen LogP contribution >= 0.6 is 34.7 Å². The van der Waals surface area contributed by atoms with E-state index in [-0.39, 0.29) is 5.91 Å².